The molecule has 0 bridgehead atoms. The molecule has 25 heavy (non-hydrogen) atoms. The van der Waals surface area contributed by atoms with Gasteiger partial charge >= 0.3 is 0 Å². The second-order valence-corrected chi connectivity index (χ2v) is 6.80. The summed E-state index contributed by atoms with van der Waals surface area (Å²) in [5, 5.41) is 14.0. The van der Waals surface area contributed by atoms with Crippen molar-refractivity contribution in [2.24, 2.45) is 5.41 Å². The molecule has 5 nitrogen and oxygen atoms in total. The molecule has 1 saturated heterocycles. The Bertz CT molecular complexity index is 713. The third-order valence-electron chi connectivity index (χ3n) is 5.33. The Hall–Kier alpha value is -2.21. The van der Waals surface area contributed by atoms with Crippen molar-refractivity contribution in [2.75, 3.05) is 19.7 Å². The molecule has 0 spiro atoms. The van der Waals surface area contributed by atoms with E-state index < -0.39 is 0 Å². The van der Waals surface area contributed by atoms with Gasteiger partial charge in [0, 0.05) is 25.9 Å². The SMILES string of the molecule is CCC1(CO)CCN(C(=O)Cc2ccn(-c3ccc(F)cc3)n2)CC1. The number of carbonyl (C=O) groups excluding carboxylic acids is 1. The molecule has 1 aliphatic heterocycles. The smallest absolute Gasteiger partial charge is 0.228 e. The molecular weight excluding hydrogens is 321 g/mol. The molecular formula is C19H24FN3O2. The van der Waals surface area contributed by atoms with Crippen LogP contribution < -0.4 is 0 Å². The van der Waals surface area contributed by atoms with Gasteiger partial charge in [0.15, 0.2) is 0 Å². The lowest BCUT2D eigenvalue weighted by atomic mass is 9.77. The van der Waals surface area contributed by atoms with Crippen LogP contribution in [0.15, 0.2) is 36.5 Å². The number of carbonyl (C=O) groups is 1. The lowest BCUT2D eigenvalue weighted by Crippen LogP contribution is -2.45. The zero-order valence-corrected chi connectivity index (χ0v) is 14.5. The number of benzene rings is 1. The zero-order chi connectivity index (χ0) is 17.9. The third-order valence-corrected chi connectivity index (χ3v) is 5.33. The largest absolute Gasteiger partial charge is 0.396 e. The number of nitrogens with zero attached hydrogens (tertiary/aromatic N) is 3. The Kier molecular flexibility index (Phi) is 5.18. The number of halogens is 1. The first-order valence-electron chi connectivity index (χ1n) is 8.74. The summed E-state index contributed by atoms with van der Waals surface area (Å²) in [5.41, 5.74) is 1.43. The number of hydrogen-bond acceptors (Lipinski definition) is 3. The molecule has 6 heteroatoms. The molecule has 1 aliphatic rings. The second-order valence-electron chi connectivity index (χ2n) is 6.80. The number of aromatic nitrogens is 2. The zero-order valence-electron chi connectivity index (χ0n) is 14.5. The van der Waals surface area contributed by atoms with Crippen molar-refractivity contribution in [3.8, 4) is 5.69 Å². The summed E-state index contributed by atoms with van der Waals surface area (Å²) in [6, 6.07) is 7.89. The number of rotatable bonds is 5. The molecule has 2 aromatic rings. The van der Waals surface area contributed by atoms with E-state index >= 15 is 0 Å². The van der Waals surface area contributed by atoms with Gasteiger partial charge in [-0.3, -0.25) is 4.79 Å². The van der Waals surface area contributed by atoms with Crippen molar-refractivity contribution in [1.29, 1.82) is 0 Å². The molecule has 1 fully saturated rings. The van der Waals surface area contributed by atoms with E-state index in [0.717, 1.165) is 24.9 Å². The Morgan fingerprint density at radius 1 is 1.24 bits per heavy atom. The fourth-order valence-corrected chi connectivity index (χ4v) is 3.31. The molecule has 1 N–H and O–H groups in total. The Morgan fingerprint density at radius 2 is 1.92 bits per heavy atom. The highest BCUT2D eigenvalue weighted by atomic mass is 19.1. The van der Waals surface area contributed by atoms with E-state index in [1.165, 1.54) is 12.1 Å². The molecule has 2 heterocycles. The second kappa shape index (κ2) is 7.35. The normalized spacial score (nSPS) is 16.8. The number of piperidine rings is 1. The standard InChI is InChI=1S/C19H24FN3O2/c1-2-19(14-24)8-11-22(12-9-19)18(25)13-16-7-10-23(21-16)17-5-3-15(20)4-6-17/h3-7,10,24H,2,8-9,11-14H2,1H3. The number of hydrogen-bond donors (Lipinski definition) is 1. The molecule has 3 rings (SSSR count). The van der Waals surface area contributed by atoms with Gasteiger partial charge in [-0.05, 0) is 55.0 Å². The Morgan fingerprint density at radius 3 is 2.52 bits per heavy atom. The van der Waals surface area contributed by atoms with Crippen molar-refractivity contribution < 1.29 is 14.3 Å². The van der Waals surface area contributed by atoms with Gasteiger partial charge in [0.05, 0.1) is 17.8 Å². The van der Waals surface area contributed by atoms with Gasteiger partial charge in [-0.1, -0.05) is 6.92 Å². The molecule has 1 amide bonds. The summed E-state index contributed by atoms with van der Waals surface area (Å²) in [5.74, 6) is -0.227. The van der Waals surface area contributed by atoms with Crippen molar-refractivity contribution in [3.05, 3.63) is 48.0 Å². The first-order chi connectivity index (χ1) is 12.0. The lowest BCUT2D eigenvalue weighted by Gasteiger charge is -2.40. The van der Waals surface area contributed by atoms with Gasteiger partial charge in [-0.25, -0.2) is 9.07 Å². The minimum Gasteiger partial charge on any atom is -0.396 e. The van der Waals surface area contributed by atoms with Crippen LogP contribution in [0.2, 0.25) is 0 Å². The van der Waals surface area contributed by atoms with Crippen LogP contribution >= 0.6 is 0 Å². The molecule has 1 aromatic carbocycles. The maximum atomic E-state index is 13.0. The van der Waals surface area contributed by atoms with E-state index in [9.17, 15) is 14.3 Å². The molecule has 1 aromatic heterocycles. The minimum absolute atomic E-state index is 0.0268. The van der Waals surface area contributed by atoms with Crippen LogP contribution in [0.5, 0.6) is 0 Å². The predicted octanol–water partition coefficient (Wildman–Crippen LogP) is 2.57. The van der Waals surface area contributed by atoms with Crippen molar-refractivity contribution >= 4 is 5.91 Å². The van der Waals surface area contributed by atoms with E-state index in [1.807, 2.05) is 11.0 Å². The highest BCUT2D eigenvalue weighted by Gasteiger charge is 2.33. The number of aliphatic hydroxyl groups is 1. The summed E-state index contributed by atoms with van der Waals surface area (Å²) in [6.45, 7) is 3.65. The molecule has 134 valence electrons. The van der Waals surface area contributed by atoms with Crippen LogP contribution in [0.4, 0.5) is 4.39 Å². The van der Waals surface area contributed by atoms with Crippen LogP contribution in [-0.4, -0.2) is 45.4 Å². The summed E-state index contributed by atoms with van der Waals surface area (Å²) in [4.78, 5) is 14.4. The number of aliphatic hydroxyl groups excluding tert-OH is 1. The van der Waals surface area contributed by atoms with Crippen molar-refractivity contribution in [3.63, 3.8) is 0 Å². The van der Waals surface area contributed by atoms with Crippen LogP contribution in [0.25, 0.3) is 5.69 Å². The van der Waals surface area contributed by atoms with Crippen LogP contribution in [-0.2, 0) is 11.2 Å². The van der Waals surface area contributed by atoms with E-state index in [4.69, 9.17) is 0 Å². The first kappa shape index (κ1) is 17.6. The summed E-state index contributed by atoms with van der Waals surface area (Å²) in [6.07, 6.45) is 4.66. The maximum Gasteiger partial charge on any atom is 0.228 e. The Labute approximate surface area is 147 Å². The van der Waals surface area contributed by atoms with Gasteiger partial charge in [0.1, 0.15) is 5.82 Å². The monoisotopic (exact) mass is 345 g/mol. The van der Waals surface area contributed by atoms with Crippen LogP contribution in [0.1, 0.15) is 31.9 Å². The average molecular weight is 345 g/mol. The minimum atomic E-state index is -0.289. The fraction of sp³-hybridized carbons (Fsp3) is 0.474. The van der Waals surface area contributed by atoms with E-state index in [0.29, 0.717) is 18.8 Å². The van der Waals surface area contributed by atoms with Crippen LogP contribution in [0, 0.1) is 11.2 Å². The molecule has 0 radical (unpaired) electrons. The number of amides is 1. The van der Waals surface area contributed by atoms with Gasteiger partial charge in [-0.15, -0.1) is 0 Å². The maximum absolute atomic E-state index is 13.0. The topological polar surface area (TPSA) is 58.4 Å². The molecule has 0 atom stereocenters. The quantitative estimate of drug-likeness (QED) is 0.906. The van der Waals surface area contributed by atoms with Gasteiger partial charge < -0.3 is 10.0 Å². The molecule has 0 unspecified atom stereocenters. The molecule has 0 saturated carbocycles. The summed E-state index contributed by atoms with van der Waals surface area (Å²) >= 11 is 0. The number of likely N-dealkylation sites (tertiary alicyclic amines) is 1. The predicted molar refractivity (Wildman–Crippen MR) is 92.8 cm³/mol. The average Bonchev–Trinajstić information content (AvgIpc) is 3.10. The molecule has 0 aliphatic carbocycles. The first-order valence-corrected chi connectivity index (χ1v) is 8.74. The highest BCUT2D eigenvalue weighted by molar-refractivity contribution is 5.78. The van der Waals surface area contributed by atoms with E-state index in [1.54, 1.807) is 23.0 Å². The van der Waals surface area contributed by atoms with E-state index in [2.05, 4.69) is 12.0 Å². The highest BCUT2D eigenvalue weighted by Crippen LogP contribution is 2.34. The van der Waals surface area contributed by atoms with E-state index in [-0.39, 0.29) is 30.2 Å². The van der Waals surface area contributed by atoms with Gasteiger partial charge in [-0.2, -0.15) is 5.10 Å². The Balaban J connectivity index is 1.60. The summed E-state index contributed by atoms with van der Waals surface area (Å²) < 4.78 is 14.6. The van der Waals surface area contributed by atoms with Crippen molar-refractivity contribution in [1.82, 2.24) is 14.7 Å². The third kappa shape index (κ3) is 3.90. The van der Waals surface area contributed by atoms with Crippen molar-refractivity contribution in [2.45, 2.75) is 32.6 Å². The van der Waals surface area contributed by atoms with Gasteiger partial charge in [0.25, 0.3) is 0 Å². The van der Waals surface area contributed by atoms with Crippen LogP contribution in [0.3, 0.4) is 0 Å². The fourth-order valence-electron chi connectivity index (χ4n) is 3.31. The summed E-state index contributed by atoms with van der Waals surface area (Å²) in [7, 11) is 0. The van der Waals surface area contributed by atoms with Gasteiger partial charge in [0.2, 0.25) is 5.91 Å². The lowest BCUT2D eigenvalue weighted by molar-refractivity contribution is -0.133.